The zero-order valence-corrected chi connectivity index (χ0v) is 29.9. The molecule has 13 nitrogen and oxygen atoms in total. The molecule has 3 heterocycles. The molecular weight excluding hydrogens is 649 g/mol. The fourth-order valence-corrected chi connectivity index (χ4v) is 5.62. The number of anilines is 1. The minimum atomic E-state index is -0.733. The van der Waals surface area contributed by atoms with E-state index in [4.69, 9.17) is 25.2 Å². The third-order valence-electron chi connectivity index (χ3n) is 6.90. The number of rotatable bonds is 12. The summed E-state index contributed by atoms with van der Waals surface area (Å²) in [6, 6.07) is 5.49. The van der Waals surface area contributed by atoms with Gasteiger partial charge in [-0.05, 0) is 79.0 Å². The Morgan fingerprint density at radius 2 is 1.82 bits per heavy atom. The Bertz CT molecular complexity index is 1890. The van der Waals surface area contributed by atoms with E-state index in [9.17, 15) is 14.0 Å². The number of allylic oxidation sites excluding steroid dienone is 3. The van der Waals surface area contributed by atoms with Crippen molar-refractivity contribution in [3.05, 3.63) is 64.6 Å². The number of nitrogens with two attached hydrogens (primary N) is 1. The number of ether oxygens (including phenoxy) is 2. The first-order chi connectivity index (χ1) is 23.1. The number of thiazole rings is 1. The number of hydrogen-bond donors (Lipinski definition) is 2. The first-order valence-corrected chi connectivity index (χ1v) is 16.7. The highest BCUT2D eigenvalue weighted by Crippen LogP contribution is 2.26. The summed E-state index contributed by atoms with van der Waals surface area (Å²) < 4.78 is 27.2. The number of aliphatic imine (C=N–C) groups is 1. The number of aromatic nitrogens is 5. The molecule has 3 aromatic heterocycles. The molecule has 0 atom stereocenters. The standard InChI is InChI=1S/C34H44FN9O4S/c1-9-10-22(35)24(37-8)19-38-29-28-30(40-20-39-29)49-27(42-28)14-16-43(31(45)47-33(2,3)4)15-13-26-41-23-17-21(18-36)11-12-25(23)44(26)32(46)48-34(5,6)7/h9-12,17,20H,8,13-16,18-19,36H2,1-7H3,(H,38,39,40)/b10-9-,24-22+. The molecule has 0 spiro atoms. The highest BCUT2D eigenvalue weighted by molar-refractivity contribution is 7.18. The van der Waals surface area contributed by atoms with Gasteiger partial charge >= 0.3 is 12.2 Å². The number of nitrogens with zero attached hydrogens (tertiary/aromatic N) is 7. The Morgan fingerprint density at radius 3 is 2.47 bits per heavy atom. The maximum atomic E-state index is 14.3. The monoisotopic (exact) mass is 693 g/mol. The van der Waals surface area contributed by atoms with Crippen molar-refractivity contribution in [1.29, 1.82) is 0 Å². The molecule has 4 aromatic rings. The largest absolute Gasteiger partial charge is 0.444 e. The van der Waals surface area contributed by atoms with Gasteiger partial charge in [-0.25, -0.2) is 38.5 Å². The van der Waals surface area contributed by atoms with E-state index in [1.54, 1.807) is 65.5 Å². The van der Waals surface area contributed by atoms with Gasteiger partial charge in [0.25, 0.3) is 0 Å². The molecule has 262 valence electrons. The molecule has 1 aromatic carbocycles. The van der Waals surface area contributed by atoms with Crippen LogP contribution in [-0.2, 0) is 28.9 Å². The number of carbonyl (C=O) groups is 2. The summed E-state index contributed by atoms with van der Waals surface area (Å²) in [5.41, 5.74) is 7.10. The van der Waals surface area contributed by atoms with E-state index in [0.29, 0.717) is 51.0 Å². The second-order valence-corrected chi connectivity index (χ2v) is 14.2. The average Bonchev–Trinajstić information content (AvgIpc) is 3.60. The highest BCUT2D eigenvalue weighted by atomic mass is 32.1. The van der Waals surface area contributed by atoms with Crippen molar-refractivity contribution in [2.45, 2.75) is 79.1 Å². The number of fused-ring (bicyclic) bond motifs is 2. The van der Waals surface area contributed by atoms with Gasteiger partial charge in [0.15, 0.2) is 5.82 Å². The second kappa shape index (κ2) is 15.6. The van der Waals surface area contributed by atoms with Crippen molar-refractivity contribution in [2.24, 2.45) is 10.7 Å². The molecule has 15 heteroatoms. The number of imidazole rings is 1. The van der Waals surface area contributed by atoms with E-state index < -0.39 is 29.2 Å². The van der Waals surface area contributed by atoms with Crippen molar-refractivity contribution < 1.29 is 23.5 Å². The number of amides is 1. The van der Waals surface area contributed by atoms with Gasteiger partial charge < -0.3 is 25.4 Å². The molecule has 0 aliphatic heterocycles. The number of halogens is 1. The maximum Gasteiger partial charge on any atom is 0.420 e. The lowest BCUT2D eigenvalue weighted by Crippen LogP contribution is -2.39. The lowest BCUT2D eigenvalue weighted by Gasteiger charge is -2.27. The lowest BCUT2D eigenvalue weighted by atomic mass is 10.2. The van der Waals surface area contributed by atoms with E-state index in [1.807, 2.05) is 12.1 Å². The molecule has 0 unspecified atom stereocenters. The molecule has 49 heavy (non-hydrogen) atoms. The smallest absolute Gasteiger partial charge is 0.420 e. The predicted octanol–water partition coefficient (Wildman–Crippen LogP) is 6.57. The average molecular weight is 694 g/mol. The Hall–Kier alpha value is -4.76. The Balaban J connectivity index is 1.58. The van der Waals surface area contributed by atoms with Gasteiger partial charge in [-0.15, -0.1) is 0 Å². The van der Waals surface area contributed by atoms with Crippen LogP contribution >= 0.6 is 11.3 Å². The molecule has 0 aliphatic carbocycles. The minimum absolute atomic E-state index is 0.0483. The summed E-state index contributed by atoms with van der Waals surface area (Å²) in [5, 5.41) is 3.78. The van der Waals surface area contributed by atoms with Crippen LogP contribution in [0.2, 0.25) is 0 Å². The number of hydrogen-bond acceptors (Lipinski definition) is 12. The van der Waals surface area contributed by atoms with E-state index in [0.717, 1.165) is 5.56 Å². The SMILES string of the molecule is C=N/C(CNc1ncnc2sc(CCN(CCc3nc4cc(CN)ccc4n3C(=O)OC(C)(C)C)C(=O)OC(C)(C)C)nc12)=C(F)\C=C/C. The normalized spacial score (nSPS) is 12.8. The van der Waals surface area contributed by atoms with Gasteiger partial charge in [-0.2, -0.15) is 0 Å². The summed E-state index contributed by atoms with van der Waals surface area (Å²) in [5.74, 6) is 0.356. The quantitative estimate of drug-likeness (QED) is 0.123. The zero-order chi connectivity index (χ0) is 35.9. The van der Waals surface area contributed by atoms with E-state index in [2.05, 4.69) is 27.0 Å². The van der Waals surface area contributed by atoms with Crippen LogP contribution in [0.15, 0.2) is 53.2 Å². The van der Waals surface area contributed by atoms with E-state index in [-0.39, 0.29) is 31.8 Å². The molecule has 1 amide bonds. The van der Waals surface area contributed by atoms with Crippen LogP contribution < -0.4 is 11.1 Å². The Labute approximate surface area is 289 Å². The van der Waals surface area contributed by atoms with Gasteiger partial charge in [0, 0.05) is 32.5 Å². The lowest BCUT2D eigenvalue weighted by molar-refractivity contribution is 0.0253. The first kappa shape index (κ1) is 37.1. The zero-order valence-electron chi connectivity index (χ0n) is 29.0. The first-order valence-electron chi connectivity index (χ1n) is 15.9. The number of nitrogens with one attached hydrogen (secondary N) is 1. The van der Waals surface area contributed by atoms with Crippen LogP contribution in [0.5, 0.6) is 0 Å². The van der Waals surface area contributed by atoms with Crippen LogP contribution in [0, 0.1) is 0 Å². The van der Waals surface area contributed by atoms with Gasteiger partial charge in [0.2, 0.25) is 0 Å². The molecule has 3 N–H and O–H groups in total. The van der Waals surface area contributed by atoms with Crippen molar-refractivity contribution in [3.8, 4) is 0 Å². The summed E-state index contributed by atoms with van der Waals surface area (Å²) in [6.07, 6.45) is 3.83. The van der Waals surface area contributed by atoms with Crippen LogP contribution in [0.1, 0.15) is 64.9 Å². The van der Waals surface area contributed by atoms with Crippen LogP contribution in [0.25, 0.3) is 21.4 Å². The topological polar surface area (TPSA) is 163 Å². The fourth-order valence-electron chi connectivity index (χ4n) is 4.73. The van der Waals surface area contributed by atoms with Crippen molar-refractivity contribution in [1.82, 2.24) is 29.4 Å². The molecule has 0 saturated heterocycles. The molecule has 0 fully saturated rings. The Morgan fingerprint density at radius 1 is 1.10 bits per heavy atom. The predicted molar refractivity (Wildman–Crippen MR) is 191 cm³/mol. The Kier molecular flexibility index (Phi) is 11.8. The summed E-state index contributed by atoms with van der Waals surface area (Å²) in [4.78, 5) is 50.9. The molecule has 0 saturated carbocycles. The van der Waals surface area contributed by atoms with Crippen LogP contribution in [0.3, 0.4) is 0 Å². The number of carbonyl (C=O) groups excluding carboxylic acids is 2. The van der Waals surface area contributed by atoms with E-state index in [1.165, 1.54) is 28.3 Å². The number of benzene rings is 1. The fraction of sp³-hybridized carbons (Fsp3) is 0.441. The van der Waals surface area contributed by atoms with Crippen LogP contribution in [-0.4, -0.2) is 79.1 Å². The summed E-state index contributed by atoms with van der Waals surface area (Å²) in [6.45, 7) is 16.8. The van der Waals surface area contributed by atoms with Crippen molar-refractivity contribution >= 4 is 57.4 Å². The second-order valence-electron chi connectivity index (χ2n) is 13.1. The van der Waals surface area contributed by atoms with Gasteiger partial charge in [0.05, 0.1) is 28.3 Å². The van der Waals surface area contributed by atoms with Gasteiger partial charge in [0.1, 0.15) is 39.5 Å². The molecule has 4 rings (SSSR count). The molecule has 0 bridgehead atoms. The highest BCUT2D eigenvalue weighted by Gasteiger charge is 2.26. The summed E-state index contributed by atoms with van der Waals surface area (Å²) in [7, 11) is 0. The van der Waals surface area contributed by atoms with Gasteiger partial charge in [-0.3, -0.25) is 4.99 Å². The van der Waals surface area contributed by atoms with Crippen molar-refractivity contribution in [2.75, 3.05) is 25.0 Å². The summed E-state index contributed by atoms with van der Waals surface area (Å²) >= 11 is 1.36. The van der Waals surface area contributed by atoms with E-state index >= 15 is 0 Å². The van der Waals surface area contributed by atoms with Crippen molar-refractivity contribution in [3.63, 3.8) is 0 Å². The molecular formula is C34H44FN9O4S. The third-order valence-corrected chi connectivity index (χ3v) is 7.92. The molecule has 0 radical (unpaired) electrons. The minimum Gasteiger partial charge on any atom is -0.444 e. The third kappa shape index (κ3) is 9.89. The maximum absolute atomic E-state index is 14.3. The van der Waals surface area contributed by atoms with Gasteiger partial charge in [-0.1, -0.05) is 23.5 Å². The van der Waals surface area contributed by atoms with Crippen LogP contribution in [0.4, 0.5) is 19.8 Å². The molecule has 0 aliphatic rings.